The lowest BCUT2D eigenvalue weighted by Crippen LogP contribution is -2.34. The molecule has 0 radical (unpaired) electrons. The van der Waals surface area contributed by atoms with Gasteiger partial charge in [0.2, 0.25) is 5.91 Å². The van der Waals surface area contributed by atoms with Crippen LogP contribution in [-0.2, 0) is 11.2 Å². The molecular formula is C22H28N4O2. The van der Waals surface area contributed by atoms with E-state index in [4.69, 9.17) is 0 Å². The van der Waals surface area contributed by atoms with Crippen LogP contribution in [0, 0.1) is 12.8 Å². The fraction of sp³-hybridized carbons (Fsp3) is 0.364. The molecule has 3 amide bonds. The third-order valence-corrected chi connectivity index (χ3v) is 5.15. The van der Waals surface area contributed by atoms with Crippen molar-refractivity contribution in [3.8, 4) is 0 Å². The highest BCUT2D eigenvalue weighted by molar-refractivity contribution is 5.89. The van der Waals surface area contributed by atoms with Crippen molar-refractivity contribution in [2.75, 3.05) is 36.9 Å². The summed E-state index contributed by atoms with van der Waals surface area (Å²) < 4.78 is 0. The first-order valence-corrected chi connectivity index (χ1v) is 9.70. The fourth-order valence-corrected chi connectivity index (χ4v) is 3.53. The van der Waals surface area contributed by atoms with Gasteiger partial charge in [-0.3, -0.25) is 4.79 Å². The minimum Gasteiger partial charge on any atom is -0.371 e. The van der Waals surface area contributed by atoms with Crippen LogP contribution in [0.25, 0.3) is 0 Å². The molecule has 1 heterocycles. The van der Waals surface area contributed by atoms with Crippen LogP contribution in [0.15, 0.2) is 48.5 Å². The Kier molecular flexibility index (Phi) is 6.53. The molecule has 3 N–H and O–H groups in total. The number of para-hydroxylation sites is 1. The monoisotopic (exact) mass is 380 g/mol. The van der Waals surface area contributed by atoms with Crippen LogP contribution in [-0.4, -0.2) is 38.6 Å². The maximum atomic E-state index is 12.2. The zero-order chi connectivity index (χ0) is 19.9. The molecule has 1 aliphatic heterocycles. The van der Waals surface area contributed by atoms with Crippen LogP contribution in [0.2, 0.25) is 0 Å². The zero-order valence-corrected chi connectivity index (χ0v) is 16.5. The van der Waals surface area contributed by atoms with Crippen LogP contribution in [0.5, 0.6) is 0 Å². The molecule has 0 bridgehead atoms. The Balaban J connectivity index is 1.43. The second-order valence-corrected chi connectivity index (χ2v) is 7.27. The Morgan fingerprint density at radius 3 is 2.57 bits per heavy atom. The van der Waals surface area contributed by atoms with E-state index in [1.807, 2.05) is 24.3 Å². The predicted octanol–water partition coefficient (Wildman–Crippen LogP) is 2.93. The molecule has 1 aliphatic rings. The summed E-state index contributed by atoms with van der Waals surface area (Å²) in [6.45, 7) is 4.77. The predicted molar refractivity (Wildman–Crippen MR) is 113 cm³/mol. The van der Waals surface area contributed by atoms with Crippen molar-refractivity contribution in [3.05, 3.63) is 59.7 Å². The number of carbonyl (C=O) groups is 2. The fourth-order valence-electron chi connectivity index (χ4n) is 3.53. The second kappa shape index (κ2) is 9.26. The molecule has 148 valence electrons. The van der Waals surface area contributed by atoms with Gasteiger partial charge in [-0.1, -0.05) is 30.3 Å². The Hall–Kier alpha value is -3.02. The van der Waals surface area contributed by atoms with Gasteiger partial charge in [0, 0.05) is 38.1 Å². The van der Waals surface area contributed by atoms with Gasteiger partial charge in [-0.05, 0) is 48.6 Å². The molecule has 6 nitrogen and oxygen atoms in total. The van der Waals surface area contributed by atoms with Crippen molar-refractivity contribution < 1.29 is 9.59 Å². The quantitative estimate of drug-likeness (QED) is 0.721. The molecule has 0 spiro atoms. The SMILES string of the molecule is CNC(=O)Cc1ccc(NC(=O)NC[C@@H]2CCN(c3ccccc3C)C2)cc1. The third kappa shape index (κ3) is 5.25. The van der Waals surface area contributed by atoms with Crippen molar-refractivity contribution in [1.82, 2.24) is 10.6 Å². The van der Waals surface area contributed by atoms with Gasteiger partial charge in [0.25, 0.3) is 0 Å². The van der Waals surface area contributed by atoms with E-state index in [1.165, 1.54) is 11.3 Å². The molecule has 1 atom stereocenters. The van der Waals surface area contributed by atoms with Crippen LogP contribution in [0.1, 0.15) is 17.5 Å². The van der Waals surface area contributed by atoms with Crippen LogP contribution >= 0.6 is 0 Å². The Labute approximate surface area is 166 Å². The van der Waals surface area contributed by atoms with Crippen LogP contribution < -0.4 is 20.9 Å². The number of hydrogen-bond acceptors (Lipinski definition) is 3. The summed E-state index contributed by atoms with van der Waals surface area (Å²) in [5.41, 5.74) is 4.19. The summed E-state index contributed by atoms with van der Waals surface area (Å²) in [6, 6.07) is 15.5. The molecule has 1 fully saturated rings. The molecule has 0 saturated carbocycles. The summed E-state index contributed by atoms with van der Waals surface area (Å²) in [5.74, 6) is 0.412. The van der Waals surface area contributed by atoms with E-state index >= 15 is 0 Å². The van der Waals surface area contributed by atoms with Crippen molar-refractivity contribution in [2.24, 2.45) is 5.92 Å². The van der Waals surface area contributed by atoms with E-state index in [0.29, 0.717) is 24.6 Å². The molecule has 2 aromatic rings. The number of anilines is 2. The smallest absolute Gasteiger partial charge is 0.319 e. The average molecular weight is 380 g/mol. The number of nitrogens with zero attached hydrogens (tertiary/aromatic N) is 1. The van der Waals surface area contributed by atoms with Gasteiger partial charge in [0.15, 0.2) is 0 Å². The molecule has 28 heavy (non-hydrogen) atoms. The first-order chi connectivity index (χ1) is 13.5. The Bertz CT molecular complexity index is 820. The standard InChI is InChI=1S/C22H28N4O2/c1-16-5-3-4-6-20(16)26-12-11-18(15-26)14-24-22(28)25-19-9-7-17(8-10-19)13-21(27)23-2/h3-10,18H,11-15H2,1-2H3,(H,23,27)(H2,24,25,28)/t18-/m0/s1. The van der Waals surface area contributed by atoms with E-state index in [0.717, 1.165) is 25.1 Å². The average Bonchev–Trinajstić information content (AvgIpc) is 3.17. The Morgan fingerprint density at radius 1 is 1.11 bits per heavy atom. The normalized spacial score (nSPS) is 15.9. The largest absolute Gasteiger partial charge is 0.371 e. The Morgan fingerprint density at radius 2 is 1.86 bits per heavy atom. The first kappa shape index (κ1) is 19.7. The van der Waals surface area contributed by atoms with Gasteiger partial charge >= 0.3 is 6.03 Å². The highest BCUT2D eigenvalue weighted by Gasteiger charge is 2.23. The minimum atomic E-state index is -0.201. The maximum Gasteiger partial charge on any atom is 0.319 e. The highest BCUT2D eigenvalue weighted by atomic mass is 16.2. The molecular weight excluding hydrogens is 352 g/mol. The molecule has 1 saturated heterocycles. The lowest BCUT2D eigenvalue weighted by atomic mass is 10.1. The number of aryl methyl sites for hydroxylation is 1. The van der Waals surface area contributed by atoms with E-state index in [1.54, 1.807) is 7.05 Å². The van der Waals surface area contributed by atoms with Gasteiger partial charge in [-0.25, -0.2) is 4.79 Å². The third-order valence-electron chi connectivity index (χ3n) is 5.15. The number of amides is 3. The first-order valence-electron chi connectivity index (χ1n) is 9.70. The number of carbonyl (C=O) groups excluding carboxylic acids is 2. The number of benzene rings is 2. The van der Waals surface area contributed by atoms with Crippen LogP contribution in [0.3, 0.4) is 0 Å². The zero-order valence-electron chi connectivity index (χ0n) is 16.5. The second-order valence-electron chi connectivity index (χ2n) is 7.27. The number of hydrogen-bond donors (Lipinski definition) is 3. The van der Waals surface area contributed by atoms with E-state index in [9.17, 15) is 9.59 Å². The lowest BCUT2D eigenvalue weighted by Gasteiger charge is -2.21. The van der Waals surface area contributed by atoms with Crippen LogP contribution in [0.4, 0.5) is 16.2 Å². The van der Waals surface area contributed by atoms with Crippen molar-refractivity contribution >= 4 is 23.3 Å². The highest BCUT2D eigenvalue weighted by Crippen LogP contribution is 2.26. The maximum absolute atomic E-state index is 12.2. The van der Waals surface area contributed by atoms with Gasteiger partial charge in [-0.2, -0.15) is 0 Å². The number of urea groups is 1. The van der Waals surface area contributed by atoms with E-state index in [-0.39, 0.29) is 11.9 Å². The summed E-state index contributed by atoms with van der Waals surface area (Å²) in [4.78, 5) is 26.0. The molecule has 3 rings (SSSR count). The molecule has 0 aliphatic carbocycles. The van der Waals surface area contributed by atoms with Gasteiger partial charge in [0.1, 0.15) is 0 Å². The minimum absolute atomic E-state index is 0.0326. The summed E-state index contributed by atoms with van der Waals surface area (Å²) in [5, 5.41) is 8.42. The van der Waals surface area contributed by atoms with Crippen molar-refractivity contribution in [1.29, 1.82) is 0 Å². The summed E-state index contributed by atoms with van der Waals surface area (Å²) >= 11 is 0. The van der Waals surface area contributed by atoms with Gasteiger partial charge < -0.3 is 20.9 Å². The summed E-state index contributed by atoms with van der Waals surface area (Å²) in [6.07, 6.45) is 1.41. The number of likely N-dealkylation sites (N-methyl/N-ethyl adjacent to an activating group) is 1. The molecule has 0 aromatic heterocycles. The lowest BCUT2D eigenvalue weighted by molar-refractivity contribution is -0.119. The molecule has 2 aromatic carbocycles. The number of rotatable bonds is 6. The van der Waals surface area contributed by atoms with E-state index in [2.05, 4.69) is 52.0 Å². The van der Waals surface area contributed by atoms with Gasteiger partial charge in [-0.15, -0.1) is 0 Å². The van der Waals surface area contributed by atoms with Crippen molar-refractivity contribution in [2.45, 2.75) is 19.8 Å². The molecule has 6 heteroatoms. The number of nitrogens with one attached hydrogen (secondary N) is 3. The van der Waals surface area contributed by atoms with E-state index < -0.39 is 0 Å². The van der Waals surface area contributed by atoms with Gasteiger partial charge in [0.05, 0.1) is 6.42 Å². The topological polar surface area (TPSA) is 73.5 Å². The molecule has 0 unspecified atom stereocenters. The summed E-state index contributed by atoms with van der Waals surface area (Å²) in [7, 11) is 1.62. The van der Waals surface area contributed by atoms with Crippen molar-refractivity contribution in [3.63, 3.8) is 0 Å².